The Morgan fingerprint density at radius 3 is 0.974 bits per heavy atom. The van der Waals surface area contributed by atoms with Crippen molar-refractivity contribution in [2.24, 2.45) is 10.2 Å². The highest BCUT2D eigenvalue weighted by Crippen LogP contribution is 2.31. The molecule has 8 nitrogen and oxygen atoms in total. The van der Waals surface area contributed by atoms with Gasteiger partial charge in [-0.25, -0.2) is 10.9 Å². The summed E-state index contributed by atoms with van der Waals surface area (Å²) in [7, 11) is 0. The molecule has 4 aromatic carbocycles. The molecule has 0 fully saturated rings. The average molecular weight is 507 g/mol. The fourth-order valence-electron chi connectivity index (χ4n) is 4.00. The maximum atomic E-state index is 13.0. The number of carbonyl (C=O) groups excluding carboxylic acids is 2. The van der Waals surface area contributed by atoms with Gasteiger partial charge in [-0.05, 0) is 22.3 Å². The molecule has 0 aliphatic carbocycles. The molecule has 0 aromatic heterocycles. The second-order valence-electron chi connectivity index (χ2n) is 8.32. The molecule has 0 heterocycles. The molecule has 4 rings (SSSR count). The van der Waals surface area contributed by atoms with E-state index in [0.29, 0.717) is 22.3 Å². The van der Waals surface area contributed by atoms with E-state index in [0.717, 1.165) is 12.4 Å². The first-order valence-corrected chi connectivity index (χ1v) is 11.8. The zero-order valence-corrected chi connectivity index (χ0v) is 20.3. The number of nitrogens with one attached hydrogen (secondary N) is 2. The molecule has 0 saturated carbocycles. The summed E-state index contributed by atoms with van der Waals surface area (Å²) in [6.07, 6.45) is 2.28. The minimum atomic E-state index is -1.98. The van der Waals surface area contributed by atoms with Crippen molar-refractivity contribution in [2.75, 3.05) is 0 Å². The van der Waals surface area contributed by atoms with Crippen molar-refractivity contribution in [1.29, 1.82) is 0 Å². The Labute approximate surface area is 220 Å². The lowest BCUT2D eigenvalue weighted by Crippen LogP contribution is -2.44. The van der Waals surface area contributed by atoms with E-state index in [4.69, 9.17) is 0 Å². The van der Waals surface area contributed by atoms with E-state index in [2.05, 4.69) is 21.1 Å². The Hall–Kier alpha value is -4.92. The van der Waals surface area contributed by atoms with E-state index in [-0.39, 0.29) is 0 Å². The molecule has 4 aromatic rings. The van der Waals surface area contributed by atoms with Gasteiger partial charge in [0.25, 0.3) is 11.8 Å². The predicted molar refractivity (Wildman–Crippen MR) is 145 cm³/mol. The number of nitrogens with zero attached hydrogens (tertiary/aromatic N) is 2. The Balaban J connectivity index is 1.46. The van der Waals surface area contributed by atoms with E-state index in [9.17, 15) is 19.8 Å². The van der Waals surface area contributed by atoms with Gasteiger partial charge in [0.2, 0.25) is 0 Å². The van der Waals surface area contributed by atoms with E-state index in [1.807, 2.05) is 0 Å². The number of amides is 2. The standard InChI is InChI=1S/C30H26N4O4/c35-27(29(37,23-13-5-1-6-14-23)24-15-7-2-8-16-24)33-31-21-22-32-34-28(36)30(38,25-17-9-3-10-18-25)26-19-11-4-12-20-26/h1-22,37-38H,(H,33,35)(H,34,36)/b31-21-,32-22-. The van der Waals surface area contributed by atoms with Crippen LogP contribution in [0.25, 0.3) is 0 Å². The molecule has 4 N–H and O–H groups in total. The lowest BCUT2D eigenvalue weighted by molar-refractivity contribution is -0.137. The van der Waals surface area contributed by atoms with Crippen LogP contribution >= 0.6 is 0 Å². The van der Waals surface area contributed by atoms with Gasteiger partial charge in [0, 0.05) is 0 Å². The molecule has 0 spiro atoms. The summed E-state index contributed by atoms with van der Waals surface area (Å²) in [5.41, 5.74) is 2.18. The maximum Gasteiger partial charge on any atom is 0.281 e. The van der Waals surface area contributed by atoms with Gasteiger partial charge in [-0.1, -0.05) is 121 Å². The SMILES string of the molecule is O=C(N/N=C\C=N/NC(=O)C(O)(c1ccccc1)c1ccccc1)C(O)(c1ccccc1)c1ccccc1. The molecule has 0 aliphatic heterocycles. The molecule has 38 heavy (non-hydrogen) atoms. The fraction of sp³-hybridized carbons (Fsp3) is 0.0667. The lowest BCUT2D eigenvalue weighted by atomic mass is 9.85. The van der Waals surface area contributed by atoms with E-state index >= 15 is 0 Å². The summed E-state index contributed by atoms with van der Waals surface area (Å²) in [6, 6.07) is 34.1. The van der Waals surface area contributed by atoms with Crippen LogP contribution in [0.5, 0.6) is 0 Å². The van der Waals surface area contributed by atoms with Gasteiger partial charge in [0.1, 0.15) is 0 Å². The number of aliphatic hydroxyl groups is 2. The number of rotatable bonds is 9. The predicted octanol–water partition coefficient (Wildman–Crippen LogP) is 3.06. The minimum Gasteiger partial charge on any atom is -0.372 e. The highest BCUT2D eigenvalue weighted by atomic mass is 16.3. The summed E-state index contributed by atoms with van der Waals surface area (Å²) in [6.45, 7) is 0. The molecule has 8 heteroatoms. The lowest BCUT2D eigenvalue weighted by Gasteiger charge is -2.27. The van der Waals surface area contributed by atoms with Crippen molar-refractivity contribution in [3.8, 4) is 0 Å². The van der Waals surface area contributed by atoms with Gasteiger partial charge in [0.05, 0.1) is 12.4 Å². The van der Waals surface area contributed by atoms with E-state index in [1.54, 1.807) is 121 Å². The molecule has 0 unspecified atom stereocenters. The Morgan fingerprint density at radius 1 is 0.500 bits per heavy atom. The van der Waals surface area contributed by atoms with Crippen molar-refractivity contribution in [1.82, 2.24) is 10.9 Å². The highest BCUT2D eigenvalue weighted by Gasteiger charge is 2.40. The summed E-state index contributed by atoms with van der Waals surface area (Å²) in [5, 5.41) is 30.4. The highest BCUT2D eigenvalue weighted by molar-refractivity contribution is 6.16. The first-order valence-electron chi connectivity index (χ1n) is 11.8. The number of hydrazone groups is 2. The quantitative estimate of drug-likeness (QED) is 0.206. The average Bonchev–Trinajstić information content (AvgIpc) is 2.99. The number of hydrogen-bond acceptors (Lipinski definition) is 6. The minimum absolute atomic E-state index is 0.376. The van der Waals surface area contributed by atoms with Crippen molar-refractivity contribution < 1.29 is 19.8 Å². The van der Waals surface area contributed by atoms with Crippen molar-refractivity contribution in [3.05, 3.63) is 144 Å². The molecule has 0 radical (unpaired) electrons. The topological polar surface area (TPSA) is 123 Å². The van der Waals surface area contributed by atoms with Crippen LogP contribution in [0.1, 0.15) is 22.3 Å². The molecular weight excluding hydrogens is 480 g/mol. The fourth-order valence-corrected chi connectivity index (χ4v) is 4.00. The van der Waals surface area contributed by atoms with Gasteiger partial charge in [-0.15, -0.1) is 0 Å². The molecule has 0 bridgehead atoms. The van der Waals surface area contributed by atoms with E-state index in [1.165, 1.54) is 0 Å². The van der Waals surface area contributed by atoms with E-state index < -0.39 is 23.0 Å². The van der Waals surface area contributed by atoms with Crippen LogP contribution in [0.4, 0.5) is 0 Å². The van der Waals surface area contributed by atoms with Crippen LogP contribution in [-0.4, -0.2) is 34.5 Å². The molecule has 0 atom stereocenters. The first-order chi connectivity index (χ1) is 18.5. The smallest absolute Gasteiger partial charge is 0.281 e. The number of hydrogen-bond donors (Lipinski definition) is 4. The third kappa shape index (κ3) is 5.41. The second-order valence-corrected chi connectivity index (χ2v) is 8.32. The largest absolute Gasteiger partial charge is 0.372 e. The van der Waals surface area contributed by atoms with Gasteiger partial charge < -0.3 is 10.2 Å². The summed E-state index contributed by atoms with van der Waals surface area (Å²) in [4.78, 5) is 26.1. The second kappa shape index (κ2) is 11.9. The zero-order valence-electron chi connectivity index (χ0n) is 20.3. The third-order valence-corrected chi connectivity index (χ3v) is 5.97. The third-order valence-electron chi connectivity index (χ3n) is 5.97. The van der Waals surface area contributed by atoms with Crippen molar-refractivity contribution in [3.63, 3.8) is 0 Å². The van der Waals surface area contributed by atoms with Crippen LogP contribution in [-0.2, 0) is 20.8 Å². The normalized spacial score (nSPS) is 11.9. The summed E-state index contributed by atoms with van der Waals surface area (Å²) in [5.74, 6) is -1.54. The number of benzene rings is 4. The summed E-state index contributed by atoms with van der Waals surface area (Å²) < 4.78 is 0. The Kier molecular flexibility index (Phi) is 8.17. The van der Waals surface area contributed by atoms with Gasteiger partial charge in [0.15, 0.2) is 11.2 Å². The number of carbonyl (C=O) groups is 2. The molecular formula is C30H26N4O4. The maximum absolute atomic E-state index is 13.0. The van der Waals surface area contributed by atoms with Crippen molar-refractivity contribution in [2.45, 2.75) is 11.2 Å². The van der Waals surface area contributed by atoms with Crippen LogP contribution in [0.2, 0.25) is 0 Å². The first kappa shape index (κ1) is 26.2. The van der Waals surface area contributed by atoms with Gasteiger partial charge in [-0.2, -0.15) is 10.2 Å². The molecule has 0 aliphatic rings. The van der Waals surface area contributed by atoms with Crippen LogP contribution in [0.15, 0.2) is 132 Å². The van der Waals surface area contributed by atoms with Crippen LogP contribution < -0.4 is 10.9 Å². The van der Waals surface area contributed by atoms with Crippen molar-refractivity contribution >= 4 is 24.2 Å². The Morgan fingerprint density at radius 2 is 0.737 bits per heavy atom. The van der Waals surface area contributed by atoms with Gasteiger partial charge >= 0.3 is 0 Å². The monoisotopic (exact) mass is 506 g/mol. The summed E-state index contributed by atoms with van der Waals surface area (Å²) >= 11 is 0. The Bertz CT molecular complexity index is 1220. The van der Waals surface area contributed by atoms with Gasteiger partial charge in [-0.3, -0.25) is 9.59 Å². The molecule has 190 valence electrons. The van der Waals surface area contributed by atoms with Crippen LogP contribution in [0.3, 0.4) is 0 Å². The molecule has 0 saturated heterocycles. The van der Waals surface area contributed by atoms with Crippen LogP contribution in [0, 0.1) is 0 Å². The zero-order chi connectivity index (χ0) is 26.8. The molecule has 2 amide bonds.